The first-order valence-corrected chi connectivity index (χ1v) is 11.8. The van der Waals surface area contributed by atoms with Gasteiger partial charge in [-0.05, 0) is 38.1 Å². The molecule has 0 unspecified atom stereocenters. The molecule has 156 valence electrons. The second-order valence-corrected chi connectivity index (χ2v) is 9.44. The molecule has 0 spiro atoms. The third kappa shape index (κ3) is 5.76. The number of rotatable bonds is 8. The number of carbonyl (C=O) groups is 1. The molecule has 8 heteroatoms. The number of piperazine rings is 1. The maximum Gasteiger partial charge on any atom is 0.243 e. The summed E-state index contributed by atoms with van der Waals surface area (Å²) in [5.41, 5.74) is 0. The maximum absolute atomic E-state index is 13.2. The summed E-state index contributed by atoms with van der Waals surface area (Å²) in [4.78, 5) is 17.0. The average Bonchev–Trinajstić information content (AvgIpc) is 2.75. The van der Waals surface area contributed by atoms with Crippen LogP contribution in [0, 0.1) is 0 Å². The van der Waals surface area contributed by atoms with Crippen LogP contribution < -0.4 is 5.32 Å². The van der Waals surface area contributed by atoms with Crippen LogP contribution in [0.5, 0.6) is 0 Å². The zero-order chi connectivity index (χ0) is 19.8. The number of nitrogens with zero attached hydrogens (tertiary/aromatic N) is 3. The van der Waals surface area contributed by atoms with Crippen LogP contribution in [-0.2, 0) is 14.8 Å². The summed E-state index contributed by atoms with van der Waals surface area (Å²) < 4.78 is 27.8. The number of amides is 1. The highest BCUT2D eigenvalue weighted by Gasteiger charge is 2.26. The minimum atomic E-state index is -3.60. The van der Waals surface area contributed by atoms with Crippen LogP contribution >= 0.6 is 0 Å². The summed E-state index contributed by atoms with van der Waals surface area (Å²) in [6.45, 7) is 6.40. The predicted molar refractivity (Wildman–Crippen MR) is 110 cm³/mol. The van der Waals surface area contributed by atoms with Gasteiger partial charge < -0.3 is 15.1 Å². The predicted octanol–water partition coefficient (Wildman–Crippen LogP) is 0.985. The lowest BCUT2D eigenvalue weighted by atomic mass is 10.1. The highest BCUT2D eigenvalue weighted by atomic mass is 32.2. The summed E-state index contributed by atoms with van der Waals surface area (Å²) in [6, 6.07) is 8.54. The van der Waals surface area contributed by atoms with E-state index in [1.54, 1.807) is 24.3 Å². The molecule has 7 nitrogen and oxygen atoms in total. The van der Waals surface area contributed by atoms with E-state index >= 15 is 0 Å². The van der Waals surface area contributed by atoms with Crippen LogP contribution in [0.2, 0.25) is 0 Å². The Morgan fingerprint density at radius 3 is 2.32 bits per heavy atom. The van der Waals surface area contributed by atoms with E-state index in [1.807, 2.05) is 11.0 Å². The van der Waals surface area contributed by atoms with Crippen molar-refractivity contribution in [1.82, 2.24) is 19.4 Å². The third-order valence-electron chi connectivity index (χ3n) is 5.54. The van der Waals surface area contributed by atoms with Crippen LogP contribution in [0.15, 0.2) is 35.2 Å². The Kier molecular flexibility index (Phi) is 7.84. The molecule has 2 saturated heterocycles. The molecular formula is C20H32N4O3S. The van der Waals surface area contributed by atoms with Crippen LogP contribution in [0.1, 0.15) is 25.7 Å². The number of sulfonamides is 1. The van der Waals surface area contributed by atoms with Crippen molar-refractivity contribution in [2.75, 3.05) is 58.9 Å². The van der Waals surface area contributed by atoms with E-state index in [4.69, 9.17) is 0 Å². The first-order chi connectivity index (χ1) is 13.6. The van der Waals surface area contributed by atoms with Gasteiger partial charge >= 0.3 is 0 Å². The molecule has 1 aromatic rings. The molecule has 2 fully saturated rings. The number of carbonyl (C=O) groups excluding carboxylic acids is 1. The van der Waals surface area contributed by atoms with Gasteiger partial charge in [0, 0.05) is 52.2 Å². The highest BCUT2D eigenvalue weighted by molar-refractivity contribution is 7.89. The summed E-state index contributed by atoms with van der Waals surface area (Å²) >= 11 is 0. The first-order valence-electron chi connectivity index (χ1n) is 10.3. The fourth-order valence-corrected chi connectivity index (χ4v) is 5.28. The topological polar surface area (TPSA) is 73.0 Å². The smallest absolute Gasteiger partial charge is 0.243 e. The van der Waals surface area contributed by atoms with Crippen molar-refractivity contribution in [1.29, 1.82) is 0 Å². The van der Waals surface area contributed by atoms with E-state index in [-0.39, 0.29) is 18.9 Å². The first kappa shape index (κ1) is 21.2. The Morgan fingerprint density at radius 1 is 0.964 bits per heavy atom. The Bertz CT molecular complexity index is 714. The van der Waals surface area contributed by atoms with Crippen molar-refractivity contribution in [3.8, 4) is 0 Å². The lowest BCUT2D eigenvalue weighted by Gasteiger charge is -2.31. The highest BCUT2D eigenvalue weighted by Crippen LogP contribution is 2.17. The van der Waals surface area contributed by atoms with Gasteiger partial charge in [0.2, 0.25) is 15.9 Å². The van der Waals surface area contributed by atoms with E-state index in [9.17, 15) is 13.2 Å². The Hall–Kier alpha value is -1.48. The Labute approximate surface area is 168 Å². The standard InChI is InChI=1S/C20H32N4O3S/c25-20(23-15-10-21-11-16-23)9-14-24(18-17-22-12-5-2-6-13-22)28(26,27)19-7-3-1-4-8-19/h1,3-4,7-8,21H,2,5-6,9-18H2. The number of likely N-dealkylation sites (tertiary alicyclic amines) is 1. The zero-order valence-corrected chi connectivity index (χ0v) is 17.4. The lowest BCUT2D eigenvalue weighted by molar-refractivity contribution is -0.131. The lowest BCUT2D eigenvalue weighted by Crippen LogP contribution is -2.47. The van der Waals surface area contributed by atoms with E-state index in [1.165, 1.54) is 23.6 Å². The molecule has 0 aliphatic carbocycles. The van der Waals surface area contributed by atoms with Gasteiger partial charge in [-0.1, -0.05) is 24.6 Å². The van der Waals surface area contributed by atoms with Gasteiger partial charge in [-0.3, -0.25) is 4.79 Å². The van der Waals surface area contributed by atoms with E-state index in [0.717, 1.165) is 26.2 Å². The van der Waals surface area contributed by atoms with E-state index in [0.29, 0.717) is 31.1 Å². The van der Waals surface area contributed by atoms with Gasteiger partial charge in [0.1, 0.15) is 0 Å². The molecule has 0 saturated carbocycles. The molecule has 0 radical (unpaired) electrons. The normalized spacial score (nSPS) is 19.1. The van der Waals surface area contributed by atoms with Crippen molar-refractivity contribution < 1.29 is 13.2 Å². The van der Waals surface area contributed by atoms with Crippen molar-refractivity contribution >= 4 is 15.9 Å². The monoisotopic (exact) mass is 408 g/mol. The van der Waals surface area contributed by atoms with Crippen LogP contribution in [0.4, 0.5) is 0 Å². The SMILES string of the molecule is O=C(CCN(CCN1CCCCC1)S(=O)(=O)c1ccccc1)N1CCNCC1. The number of hydrogen-bond acceptors (Lipinski definition) is 5. The Morgan fingerprint density at radius 2 is 1.64 bits per heavy atom. The van der Waals surface area contributed by atoms with Crippen molar-refractivity contribution in [3.05, 3.63) is 30.3 Å². The average molecular weight is 409 g/mol. The van der Waals surface area contributed by atoms with E-state index in [2.05, 4.69) is 10.2 Å². The summed E-state index contributed by atoms with van der Waals surface area (Å²) in [7, 11) is -3.60. The summed E-state index contributed by atoms with van der Waals surface area (Å²) in [5, 5.41) is 3.23. The molecule has 2 heterocycles. The molecule has 2 aliphatic heterocycles. The molecule has 0 aromatic heterocycles. The largest absolute Gasteiger partial charge is 0.340 e. The minimum absolute atomic E-state index is 0.0349. The van der Waals surface area contributed by atoms with Crippen LogP contribution in [-0.4, -0.2) is 87.3 Å². The summed E-state index contributed by atoms with van der Waals surface area (Å²) in [5.74, 6) is 0.0349. The number of benzene rings is 1. The molecule has 1 amide bonds. The molecule has 2 aliphatic rings. The van der Waals surface area contributed by atoms with Gasteiger partial charge in [-0.25, -0.2) is 8.42 Å². The van der Waals surface area contributed by atoms with Gasteiger partial charge in [-0.15, -0.1) is 0 Å². The second kappa shape index (κ2) is 10.3. The molecule has 0 atom stereocenters. The fraction of sp³-hybridized carbons (Fsp3) is 0.650. The fourth-order valence-electron chi connectivity index (χ4n) is 3.82. The number of hydrogen-bond donors (Lipinski definition) is 1. The van der Waals surface area contributed by atoms with Gasteiger partial charge in [0.25, 0.3) is 0 Å². The minimum Gasteiger partial charge on any atom is -0.340 e. The van der Waals surface area contributed by atoms with Crippen molar-refractivity contribution in [2.45, 2.75) is 30.6 Å². The van der Waals surface area contributed by atoms with Crippen molar-refractivity contribution in [2.24, 2.45) is 0 Å². The summed E-state index contributed by atoms with van der Waals surface area (Å²) in [6.07, 6.45) is 3.83. The van der Waals surface area contributed by atoms with Crippen LogP contribution in [0.25, 0.3) is 0 Å². The maximum atomic E-state index is 13.2. The van der Waals surface area contributed by atoms with E-state index < -0.39 is 10.0 Å². The third-order valence-corrected chi connectivity index (χ3v) is 7.45. The second-order valence-electron chi connectivity index (χ2n) is 7.50. The van der Waals surface area contributed by atoms with Gasteiger partial charge in [-0.2, -0.15) is 4.31 Å². The van der Waals surface area contributed by atoms with Crippen LogP contribution in [0.3, 0.4) is 0 Å². The molecule has 1 aromatic carbocycles. The molecule has 3 rings (SSSR count). The molecule has 28 heavy (non-hydrogen) atoms. The zero-order valence-electron chi connectivity index (χ0n) is 16.6. The van der Waals surface area contributed by atoms with Gasteiger partial charge in [0.05, 0.1) is 4.90 Å². The van der Waals surface area contributed by atoms with Gasteiger partial charge in [0.15, 0.2) is 0 Å². The number of nitrogens with one attached hydrogen (secondary N) is 1. The van der Waals surface area contributed by atoms with Crippen molar-refractivity contribution in [3.63, 3.8) is 0 Å². The Balaban J connectivity index is 1.65. The number of piperidine rings is 1. The molecule has 1 N–H and O–H groups in total. The molecular weight excluding hydrogens is 376 g/mol. The molecule has 0 bridgehead atoms. The quantitative estimate of drug-likeness (QED) is 0.694.